The van der Waals surface area contributed by atoms with Gasteiger partial charge in [0.1, 0.15) is 5.75 Å². The number of amides is 1. The number of nitrogens with zero attached hydrogens (tertiary/aromatic N) is 2. The van der Waals surface area contributed by atoms with E-state index in [1.165, 1.54) is 4.90 Å². The summed E-state index contributed by atoms with van der Waals surface area (Å²) in [6.45, 7) is -0.0559. The molecular formula is C12H16N2O3. The topological polar surface area (TPSA) is 51.1 Å². The molecule has 0 saturated carbocycles. The van der Waals surface area contributed by atoms with Gasteiger partial charge in [0.25, 0.3) is 5.91 Å². The Balaban J connectivity index is 2.40. The average Bonchev–Trinajstić information content (AvgIpc) is 2.35. The van der Waals surface area contributed by atoms with E-state index < -0.39 is 0 Å². The van der Waals surface area contributed by atoms with Crippen LogP contribution in [0.4, 0.5) is 0 Å². The van der Waals surface area contributed by atoms with Crippen LogP contribution in [-0.4, -0.2) is 44.8 Å². The van der Waals surface area contributed by atoms with Gasteiger partial charge < -0.3 is 14.5 Å². The minimum atomic E-state index is -0.128. The predicted molar refractivity (Wildman–Crippen MR) is 65.2 cm³/mol. The van der Waals surface area contributed by atoms with Crippen molar-refractivity contribution in [1.82, 2.24) is 4.90 Å². The van der Waals surface area contributed by atoms with Crippen LogP contribution in [0, 0.1) is 0 Å². The normalized spacial score (nSPS) is 10.3. The second-order valence-electron chi connectivity index (χ2n) is 3.57. The summed E-state index contributed by atoms with van der Waals surface area (Å²) >= 11 is 0. The van der Waals surface area contributed by atoms with Crippen LogP contribution in [0.25, 0.3) is 0 Å². The first-order chi connectivity index (χ1) is 8.13. The zero-order valence-electron chi connectivity index (χ0n) is 10.2. The third-order valence-electron chi connectivity index (χ3n) is 2.08. The van der Waals surface area contributed by atoms with Crippen molar-refractivity contribution < 1.29 is 14.4 Å². The Labute approximate surface area is 101 Å². The molecule has 0 heterocycles. The molecule has 0 aromatic heterocycles. The van der Waals surface area contributed by atoms with Crippen molar-refractivity contribution in [1.29, 1.82) is 0 Å². The number of hydrogen-bond donors (Lipinski definition) is 0. The van der Waals surface area contributed by atoms with Gasteiger partial charge in [-0.25, -0.2) is 0 Å². The van der Waals surface area contributed by atoms with E-state index in [-0.39, 0.29) is 12.5 Å². The molecule has 1 aromatic rings. The molecule has 1 aromatic carbocycles. The fourth-order valence-corrected chi connectivity index (χ4v) is 1.01. The van der Waals surface area contributed by atoms with Gasteiger partial charge >= 0.3 is 0 Å². The predicted octanol–water partition coefficient (Wildman–Crippen LogP) is 1.13. The quantitative estimate of drug-likeness (QED) is 0.569. The number of likely N-dealkylation sites (N-methyl/N-ethyl adjacent to an activating group) is 1. The van der Waals surface area contributed by atoms with E-state index in [2.05, 4.69) is 5.16 Å². The molecule has 0 unspecified atom stereocenters. The zero-order valence-corrected chi connectivity index (χ0v) is 10.2. The first-order valence-corrected chi connectivity index (χ1v) is 5.13. The third kappa shape index (κ3) is 4.55. The highest BCUT2D eigenvalue weighted by atomic mass is 16.6. The molecule has 0 bridgehead atoms. The van der Waals surface area contributed by atoms with Gasteiger partial charge in [0.15, 0.2) is 6.61 Å². The number of methoxy groups -OCH3 is 1. The summed E-state index contributed by atoms with van der Waals surface area (Å²) in [6, 6.07) is 7.34. The van der Waals surface area contributed by atoms with E-state index in [0.717, 1.165) is 11.3 Å². The third-order valence-corrected chi connectivity index (χ3v) is 2.08. The summed E-state index contributed by atoms with van der Waals surface area (Å²) in [4.78, 5) is 17.5. The molecule has 0 saturated heterocycles. The van der Waals surface area contributed by atoms with Gasteiger partial charge in [0.2, 0.25) is 0 Å². The summed E-state index contributed by atoms with van der Waals surface area (Å²) in [5.41, 5.74) is 0.878. The Morgan fingerprint density at radius 3 is 2.53 bits per heavy atom. The van der Waals surface area contributed by atoms with Crippen LogP contribution in [0.2, 0.25) is 0 Å². The van der Waals surface area contributed by atoms with Gasteiger partial charge in [0.05, 0.1) is 13.3 Å². The largest absolute Gasteiger partial charge is 0.497 e. The fourth-order valence-electron chi connectivity index (χ4n) is 1.01. The lowest BCUT2D eigenvalue weighted by atomic mass is 10.2. The summed E-state index contributed by atoms with van der Waals surface area (Å²) in [5, 5.41) is 3.71. The van der Waals surface area contributed by atoms with Crippen LogP contribution < -0.4 is 4.74 Å². The van der Waals surface area contributed by atoms with E-state index in [4.69, 9.17) is 9.57 Å². The lowest BCUT2D eigenvalue weighted by molar-refractivity contribution is -0.133. The Morgan fingerprint density at radius 2 is 2.00 bits per heavy atom. The molecule has 0 atom stereocenters. The average molecular weight is 236 g/mol. The van der Waals surface area contributed by atoms with E-state index in [1.54, 1.807) is 27.4 Å². The van der Waals surface area contributed by atoms with Crippen molar-refractivity contribution in [2.24, 2.45) is 5.16 Å². The Bertz CT molecular complexity index is 385. The maximum Gasteiger partial charge on any atom is 0.262 e. The van der Waals surface area contributed by atoms with Crippen LogP contribution in [-0.2, 0) is 9.63 Å². The van der Waals surface area contributed by atoms with Crippen LogP contribution in [0.5, 0.6) is 5.75 Å². The first kappa shape index (κ1) is 13.0. The van der Waals surface area contributed by atoms with E-state index >= 15 is 0 Å². The minimum Gasteiger partial charge on any atom is -0.497 e. The summed E-state index contributed by atoms with van der Waals surface area (Å²) in [6.07, 6.45) is 1.54. The van der Waals surface area contributed by atoms with Gasteiger partial charge in [-0.05, 0) is 29.8 Å². The van der Waals surface area contributed by atoms with Crippen molar-refractivity contribution in [3.63, 3.8) is 0 Å². The molecule has 5 heteroatoms. The van der Waals surface area contributed by atoms with E-state index in [0.29, 0.717) is 0 Å². The summed E-state index contributed by atoms with van der Waals surface area (Å²) < 4.78 is 5.03. The van der Waals surface area contributed by atoms with Gasteiger partial charge in [-0.15, -0.1) is 0 Å². The number of carbonyl (C=O) groups excluding carboxylic acids is 1. The lowest BCUT2D eigenvalue weighted by Crippen LogP contribution is -2.25. The van der Waals surface area contributed by atoms with Crippen LogP contribution in [0.15, 0.2) is 29.4 Å². The summed E-state index contributed by atoms with van der Waals surface area (Å²) in [5.74, 6) is 0.655. The van der Waals surface area contributed by atoms with Gasteiger partial charge in [0, 0.05) is 14.1 Å². The van der Waals surface area contributed by atoms with Gasteiger partial charge in [-0.1, -0.05) is 5.16 Å². The van der Waals surface area contributed by atoms with E-state index in [9.17, 15) is 4.79 Å². The fraction of sp³-hybridized carbons (Fsp3) is 0.333. The summed E-state index contributed by atoms with van der Waals surface area (Å²) in [7, 11) is 4.94. The monoisotopic (exact) mass is 236 g/mol. The first-order valence-electron chi connectivity index (χ1n) is 5.13. The molecule has 0 aliphatic rings. The Hall–Kier alpha value is -2.04. The molecule has 5 nitrogen and oxygen atoms in total. The van der Waals surface area contributed by atoms with Crippen LogP contribution in [0.1, 0.15) is 5.56 Å². The van der Waals surface area contributed by atoms with Crippen molar-refractivity contribution in [3.8, 4) is 5.75 Å². The molecule has 0 aliphatic carbocycles. The van der Waals surface area contributed by atoms with Crippen LogP contribution >= 0.6 is 0 Å². The highest BCUT2D eigenvalue weighted by molar-refractivity contribution is 5.79. The number of carbonyl (C=O) groups is 1. The highest BCUT2D eigenvalue weighted by Gasteiger charge is 2.02. The second-order valence-corrected chi connectivity index (χ2v) is 3.57. The number of hydrogen-bond acceptors (Lipinski definition) is 4. The molecule has 92 valence electrons. The highest BCUT2D eigenvalue weighted by Crippen LogP contribution is 2.09. The van der Waals surface area contributed by atoms with Gasteiger partial charge in [-0.3, -0.25) is 4.79 Å². The Kier molecular flexibility index (Phi) is 5.00. The second kappa shape index (κ2) is 6.52. The smallest absolute Gasteiger partial charge is 0.262 e. The van der Waals surface area contributed by atoms with Crippen molar-refractivity contribution in [2.45, 2.75) is 0 Å². The number of ether oxygens (including phenoxy) is 1. The molecule has 0 fully saturated rings. The van der Waals surface area contributed by atoms with Crippen molar-refractivity contribution in [2.75, 3.05) is 27.8 Å². The van der Waals surface area contributed by atoms with Crippen molar-refractivity contribution in [3.05, 3.63) is 29.8 Å². The van der Waals surface area contributed by atoms with E-state index in [1.807, 2.05) is 24.3 Å². The van der Waals surface area contributed by atoms with Gasteiger partial charge in [-0.2, -0.15) is 0 Å². The molecule has 1 rings (SSSR count). The lowest BCUT2D eigenvalue weighted by Gasteiger charge is -2.07. The molecule has 1 amide bonds. The molecular weight excluding hydrogens is 220 g/mol. The number of oxime groups is 1. The Morgan fingerprint density at radius 1 is 1.35 bits per heavy atom. The number of rotatable bonds is 5. The molecule has 0 spiro atoms. The zero-order chi connectivity index (χ0) is 12.7. The minimum absolute atomic E-state index is 0.0559. The maximum atomic E-state index is 11.1. The number of benzene rings is 1. The standard InChI is InChI=1S/C12H16N2O3/c1-14(2)12(15)9-17-13-8-10-4-6-11(16-3)7-5-10/h4-8H,9H2,1-3H3/b13-8+. The maximum absolute atomic E-state index is 11.1. The molecule has 17 heavy (non-hydrogen) atoms. The molecule has 0 radical (unpaired) electrons. The molecule has 0 N–H and O–H groups in total. The van der Waals surface area contributed by atoms with Crippen LogP contribution in [0.3, 0.4) is 0 Å². The molecule has 0 aliphatic heterocycles. The SMILES string of the molecule is COc1ccc(/C=N/OCC(=O)N(C)C)cc1. The van der Waals surface area contributed by atoms with Crippen molar-refractivity contribution >= 4 is 12.1 Å².